The molecule has 3 aromatic rings. The van der Waals surface area contributed by atoms with E-state index in [1.807, 2.05) is 53.3 Å². The summed E-state index contributed by atoms with van der Waals surface area (Å²) in [6, 6.07) is 4.03. The Labute approximate surface area is 169 Å². The molecular formula is C21H25N5OS. The second-order valence-corrected chi connectivity index (χ2v) is 8.49. The maximum absolute atomic E-state index is 12.6. The first kappa shape index (κ1) is 18.8. The number of carbonyl (C=O) groups is 1. The molecule has 0 bridgehead atoms. The maximum atomic E-state index is 12.6. The standard InChI is InChI=1S/C21H25N5OS/c1-15-23-13-20(25(15)2)19-12-22-11-17(24-19)9-16-5-3-7-26(14-16)21(27)10-18-6-4-8-28-18/h4,6,8,11-13,16H,3,5,7,9-10,14H2,1-2H3/t16-/m0/s1. The van der Waals surface area contributed by atoms with E-state index in [0.717, 1.165) is 60.1 Å². The van der Waals surface area contributed by atoms with Gasteiger partial charge in [0.2, 0.25) is 5.91 Å². The van der Waals surface area contributed by atoms with E-state index in [1.54, 1.807) is 17.5 Å². The molecule has 1 fully saturated rings. The van der Waals surface area contributed by atoms with Gasteiger partial charge in [0.15, 0.2) is 0 Å². The second kappa shape index (κ2) is 8.22. The van der Waals surface area contributed by atoms with Crippen LogP contribution in [0.2, 0.25) is 0 Å². The number of thiophene rings is 1. The average molecular weight is 396 g/mol. The molecule has 4 rings (SSSR count). The third-order valence-corrected chi connectivity index (χ3v) is 6.32. The number of rotatable bonds is 5. The Morgan fingerprint density at radius 3 is 2.96 bits per heavy atom. The quantitative estimate of drug-likeness (QED) is 0.665. The molecule has 0 radical (unpaired) electrons. The molecule has 1 aliphatic heterocycles. The lowest BCUT2D eigenvalue weighted by Gasteiger charge is -2.32. The number of piperidine rings is 1. The number of hydrogen-bond acceptors (Lipinski definition) is 5. The summed E-state index contributed by atoms with van der Waals surface area (Å²) in [4.78, 5) is 29.4. The normalized spacial score (nSPS) is 17.1. The van der Waals surface area contributed by atoms with Crippen molar-refractivity contribution in [3.05, 3.63) is 52.5 Å². The molecule has 1 atom stereocenters. The third kappa shape index (κ3) is 4.14. The van der Waals surface area contributed by atoms with Crippen LogP contribution in [-0.2, 0) is 24.7 Å². The molecule has 1 saturated heterocycles. The van der Waals surface area contributed by atoms with Gasteiger partial charge in [0, 0.05) is 31.2 Å². The van der Waals surface area contributed by atoms with Crippen molar-refractivity contribution in [3.63, 3.8) is 0 Å². The van der Waals surface area contributed by atoms with Gasteiger partial charge < -0.3 is 9.47 Å². The molecule has 1 aliphatic rings. The largest absolute Gasteiger partial charge is 0.342 e. The highest BCUT2D eigenvalue weighted by Crippen LogP contribution is 2.23. The number of likely N-dealkylation sites (tertiary alicyclic amines) is 1. The van der Waals surface area contributed by atoms with E-state index in [-0.39, 0.29) is 5.91 Å². The summed E-state index contributed by atoms with van der Waals surface area (Å²) in [5, 5.41) is 2.02. The molecule has 0 N–H and O–H groups in total. The van der Waals surface area contributed by atoms with E-state index >= 15 is 0 Å². The Balaban J connectivity index is 1.42. The highest BCUT2D eigenvalue weighted by molar-refractivity contribution is 7.10. The number of hydrogen-bond donors (Lipinski definition) is 0. The van der Waals surface area contributed by atoms with Crippen LogP contribution in [0.1, 0.15) is 29.2 Å². The van der Waals surface area contributed by atoms with Gasteiger partial charge in [0.25, 0.3) is 0 Å². The first-order valence-corrected chi connectivity index (χ1v) is 10.6. The SMILES string of the molecule is Cc1ncc(-c2cncc(C[C@@H]3CCCN(C(=O)Cc4cccs4)C3)n2)n1C. The van der Waals surface area contributed by atoms with Gasteiger partial charge >= 0.3 is 0 Å². The highest BCUT2D eigenvalue weighted by atomic mass is 32.1. The maximum Gasteiger partial charge on any atom is 0.227 e. The van der Waals surface area contributed by atoms with Gasteiger partial charge in [0.05, 0.1) is 30.2 Å². The predicted molar refractivity (Wildman–Crippen MR) is 110 cm³/mol. The molecule has 0 aromatic carbocycles. The van der Waals surface area contributed by atoms with Crippen LogP contribution in [0.15, 0.2) is 36.1 Å². The number of nitrogens with zero attached hydrogens (tertiary/aromatic N) is 5. The molecule has 1 amide bonds. The van der Waals surface area contributed by atoms with Crippen molar-refractivity contribution in [2.45, 2.75) is 32.6 Å². The number of aromatic nitrogens is 4. The van der Waals surface area contributed by atoms with Gasteiger partial charge in [-0.25, -0.2) is 9.97 Å². The van der Waals surface area contributed by atoms with E-state index in [4.69, 9.17) is 4.98 Å². The Kier molecular flexibility index (Phi) is 5.52. The molecular weight excluding hydrogens is 370 g/mol. The second-order valence-electron chi connectivity index (χ2n) is 7.45. The molecule has 0 unspecified atom stereocenters. The van der Waals surface area contributed by atoms with E-state index < -0.39 is 0 Å². The Morgan fingerprint density at radius 2 is 2.21 bits per heavy atom. The minimum absolute atomic E-state index is 0.234. The first-order valence-electron chi connectivity index (χ1n) is 9.70. The molecule has 6 nitrogen and oxygen atoms in total. The van der Waals surface area contributed by atoms with Crippen LogP contribution in [-0.4, -0.2) is 43.4 Å². The summed E-state index contributed by atoms with van der Waals surface area (Å²) >= 11 is 1.65. The molecule has 0 aliphatic carbocycles. The van der Waals surface area contributed by atoms with Crippen molar-refractivity contribution in [1.82, 2.24) is 24.4 Å². The lowest BCUT2D eigenvalue weighted by atomic mass is 9.93. The monoisotopic (exact) mass is 395 g/mol. The summed E-state index contributed by atoms with van der Waals surface area (Å²) in [6.07, 6.45) is 9.01. The fourth-order valence-corrected chi connectivity index (χ4v) is 4.49. The number of imidazole rings is 1. The van der Waals surface area contributed by atoms with Crippen LogP contribution in [0, 0.1) is 12.8 Å². The highest BCUT2D eigenvalue weighted by Gasteiger charge is 2.24. The van der Waals surface area contributed by atoms with E-state index in [9.17, 15) is 4.79 Å². The van der Waals surface area contributed by atoms with Gasteiger partial charge in [0.1, 0.15) is 11.5 Å². The van der Waals surface area contributed by atoms with Crippen molar-refractivity contribution < 1.29 is 4.79 Å². The van der Waals surface area contributed by atoms with Crippen molar-refractivity contribution in [2.75, 3.05) is 13.1 Å². The van der Waals surface area contributed by atoms with E-state index in [2.05, 4.69) is 9.97 Å². The molecule has 0 spiro atoms. The third-order valence-electron chi connectivity index (χ3n) is 5.44. The van der Waals surface area contributed by atoms with Gasteiger partial charge in [-0.1, -0.05) is 6.07 Å². The van der Waals surface area contributed by atoms with Gasteiger partial charge in [-0.15, -0.1) is 11.3 Å². The van der Waals surface area contributed by atoms with Gasteiger partial charge in [-0.2, -0.15) is 0 Å². The van der Waals surface area contributed by atoms with Crippen LogP contribution in [0.25, 0.3) is 11.4 Å². The molecule has 4 heterocycles. The topological polar surface area (TPSA) is 63.9 Å². The lowest BCUT2D eigenvalue weighted by molar-refractivity contribution is -0.132. The molecule has 7 heteroatoms. The molecule has 146 valence electrons. The zero-order chi connectivity index (χ0) is 19.5. The fraction of sp³-hybridized carbons (Fsp3) is 0.429. The average Bonchev–Trinajstić information content (AvgIpc) is 3.32. The number of aryl methyl sites for hydroxylation is 1. The summed E-state index contributed by atoms with van der Waals surface area (Å²) < 4.78 is 2.03. The fourth-order valence-electron chi connectivity index (χ4n) is 3.80. The number of amides is 1. The van der Waals surface area contributed by atoms with Crippen LogP contribution >= 0.6 is 11.3 Å². The van der Waals surface area contributed by atoms with Crippen LogP contribution in [0.3, 0.4) is 0 Å². The van der Waals surface area contributed by atoms with Crippen molar-refractivity contribution in [2.24, 2.45) is 13.0 Å². The van der Waals surface area contributed by atoms with Crippen molar-refractivity contribution in [3.8, 4) is 11.4 Å². The van der Waals surface area contributed by atoms with Crippen LogP contribution in [0.5, 0.6) is 0 Å². The molecule has 0 saturated carbocycles. The predicted octanol–water partition coefficient (Wildman–Crippen LogP) is 3.27. The smallest absolute Gasteiger partial charge is 0.227 e. The van der Waals surface area contributed by atoms with Crippen LogP contribution < -0.4 is 0 Å². The van der Waals surface area contributed by atoms with E-state index in [0.29, 0.717) is 12.3 Å². The first-order chi connectivity index (χ1) is 13.6. The molecule has 3 aromatic heterocycles. The Bertz CT molecular complexity index is 950. The number of carbonyl (C=O) groups excluding carboxylic acids is 1. The van der Waals surface area contributed by atoms with Crippen LogP contribution in [0.4, 0.5) is 0 Å². The summed E-state index contributed by atoms with van der Waals surface area (Å²) in [5.74, 6) is 1.62. The molecule has 28 heavy (non-hydrogen) atoms. The Morgan fingerprint density at radius 1 is 1.32 bits per heavy atom. The summed E-state index contributed by atoms with van der Waals surface area (Å²) in [7, 11) is 1.99. The van der Waals surface area contributed by atoms with Gasteiger partial charge in [-0.3, -0.25) is 9.78 Å². The summed E-state index contributed by atoms with van der Waals surface area (Å²) in [5.41, 5.74) is 2.80. The van der Waals surface area contributed by atoms with Gasteiger partial charge in [-0.05, 0) is 43.6 Å². The zero-order valence-corrected chi connectivity index (χ0v) is 17.2. The lowest BCUT2D eigenvalue weighted by Crippen LogP contribution is -2.41. The van der Waals surface area contributed by atoms with Crippen molar-refractivity contribution in [1.29, 1.82) is 0 Å². The minimum atomic E-state index is 0.234. The minimum Gasteiger partial charge on any atom is -0.342 e. The van der Waals surface area contributed by atoms with Crippen molar-refractivity contribution >= 4 is 17.2 Å². The van der Waals surface area contributed by atoms with E-state index in [1.165, 1.54) is 0 Å². The Hall–Kier alpha value is -2.54. The summed E-state index contributed by atoms with van der Waals surface area (Å²) in [6.45, 7) is 3.65. The zero-order valence-electron chi connectivity index (χ0n) is 16.3.